The van der Waals surface area contributed by atoms with E-state index in [1.165, 1.54) is 0 Å². The summed E-state index contributed by atoms with van der Waals surface area (Å²) in [6.45, 7) is 10.5. The molecule has 0 aliphatic rings. The predicted octanol–water partition coefficient (Wildman–Crippen LogP) is 3.28. The minimum Gasteiger partial charge on any atom is -0.508 e. The molecule has 33 heavy (non-hydrogen) atoms. The molecule has 2 aromatic rings. The molecule has 0 aliphatic heterocycles. The molecule has 6 heteroatoms. The second kappa shape index (κ2) is 11.6. The zero-order valence-corrected chi connectivity index (χ0v) is 21.0. The van der Waals surface area contributed by atoms with Gasteiger partial charge in [0.05, 0.1) is 12.5 Å². The number of phenolic OH excluding ortho intramolecular Hbond substituents is 1. The molecular weight excluding hydrogens is 414 g/mol. The summed E-state index contributed by atoms with van der Waals surface area (Å²) in [6.07, 6.45) is 0.469. The Labute approximate surface area is 199 Å². The molecule has 0 heterocycles. The van der Waals surface area contributed by atoms with E-state index >= 15 is 0 Å². The summed E-state index contributed by atoms with van der Waals surface area (Å²) in [6, 6.07) is 14.8. The lowest BCUT2D eigenvalue weighted by Gasteiger charge is -2.29. The fourth-order valence-corrected chi connectivity index (χ4v) is 4.11. The number of amides is 1. The molecule has 0 bridgehead atoms. The van der Waals surface area contributed by atoms with Crippen molar-refractivity contribution in [1.82, 2.24) is 15.5 Å². The van der Waals surface area contributed by atoms with Gasteiger partial charge in [-0.05, 0) is 68.6 Å². The Bertz CT molecular complexity index is 892. The van der Waals surface area contributed by atoms with E-state index in [9.17, 15) is 15.0 Å². The average Bonchev–Trinajstić information content (AvgIpc) is 2.70. The number of nitrogens with zero attached hydrogens (tertiary/aromatic N) is 1. The average molecular weight is 456 g/mol. The summed E-state index contributed by atoms with van der Waals surface area (Å²) < 4.78 is 0. The molecule has 4 N–H and O–H groups in total. The van der Waals surface area contributed by atoms with Gasteiger partial charge in [0.15, 0.2) is 0 Å². The predicted molar refractivity (Wildman–Crippen MR) is 134 cm³/mol. The fraction of sp³-hybridized carbons (Fsp3) is 0.519. The minimum atomic E-state index is -0.656. The highest BCUT2D eigenvalue weighted by Gasteiger charge is 2.21. The van der Waals surface area contributed by atoms with Gasteiger partial charge < -0.3 is 25.7 Å². The molecule has 0 aliphatic carbocycles. The Morgan fingerprint density at radius 3 is 2.30 bits per heavy atom. The van der Waals surface area contributed by atoms with Gasteiger partial charge in [0, 0.05) is 25.2 Å². The number of carbonyl (C=O) groups is 1. The Morgan fingerprint density at radius 1 is 1.03 bits per heavy atom. The summed E-state index contributed by atoms with van der Waals surface area (Å²) in [5, 5.41) is 26.4. The SMILES string of the molecule is CN(C)CC(C)(C)CNC(=O)Cc1cccc(CC(C)(C)NCC(O)c2ccc(O)cc2)c1. The summed E-state index contributed by atoms with van der Waals surface area (Å²) in [7, 11) is 4.08. The number of hydrogen-bond donors (Lipinski definition) is 4. The summed E-state index contributed by atoms with van der Waals surface area (Å²) in [4.78, 5) is 14.6. The van der Waals surface area contributed by atoms with Crippen LogP contribution in [0.5, 0.6) is 5.75 Å². The number of aliphatic hydroxyl groups excluding tert-OH is 1. The van der Waals surface area contributed by atoms with Crippen molar-refractivity contribution in [2.24, 2.45) is 5.41 Å². The van der Waals surface area contributed by atoms with Crippen LogP contribution in [0.1, 0.15) is 50.5 Å². The van der Waals surface area contributed by atoms with Gasteiger partial charge in [0.25, 0.3) is 0 Å². The first kappa shape index (κ1) is 26.8. The van der Waals surface area contributed by atoms with E-state index < -0.39 is 6.10 Å². The maximum atomic E-state index is 12.5. The smallest absolute Gasteiger partial charge is 0.224 e. The molecule has 0 saturated carbocycles. The third-order valence-electron chi connectivity index (χ3n) is 5.56. The summed E-state index contributed by atoms with van der Waals surface area (Å²) in [5.41, 5.74) is 2.68. The molecule has 6 nitrogen and oxygen atoms in total. The van der Waals surface area contributed by atoms with Gasteiger partial charge in [0.1, 0.15) is 5.75 Å². The van der Waals surface area contributed by atoms with E-state index in [0.717, 1.165) is 29.7 Å². The van der Waals surface area contributed by atoms with Crippen molar-refractivity contribution in [2.75, 3.05) is 33.7 Å². The van der Waals surface area contributed by atoms with Gasteiger partial charge in [-0.15, -0.1) is 0 Å². The number of benzene rings is 2. The molecule has 0 aromatic heterocycles. The van der Waals surface area contributed by atoms with Gasteiger partial charge in [-0.3, -0.25) is 4.79 Å². The second-order valence-electron chi connectivity index (χ2n) is 10.7. The maximum absolute atomic E-state index is 12.5. The lowest BCUT2D eigenvalue weighted by molar-refractivity contribution is -0.120. The summed E-state index contributed by atoms with van der Waals surface area (Å²) in [5.74, 6) is 0.221. The lowest BCUT2D eigenvalue weighted by Crippen LogP contribution is -2.43. The fourth-order valence-electron chi connectivity index (χ4n) is 4.11. The number of hydrogen-bond acceptors (Lipinski definition) is 5. The quantitative estimate of drug-likeness (QED) is 0.395. The molecule has 0 radical (unpaired) electrons. The highest BCUT2D eigenvalue weighted by atomic mass is 16.3. The molecule has 2 aromatic carbocycles. The number of phenols is 1. The van der Waals surface area contributed by atoms with Gasteiger partial charge in [0.2, 0.25) is 5.91 Å². The molecule has 2 rings (SSSR count). The van der Waals surface area contributed by atoms with Crippen LogP contribution in [0.4, 0.5) is 0 Å². The number of nitrogens with one attached hydrogen (secondary N) is 2. The normalized spacial score (nSPS) is 13.2. The van der Waals surface area contributed by atoms with Crippen LogP contribution in [0.25, 0.3) is 0 Å². The van der Waals surface area contributed by atoms with E-state index in [1.54, 1.807) is 24.3 Å². The van der Waals surface area contributed by atoms with Crippen LogP contribution in [0.3, 0.4) is 0 Å². The van der Waals surface area contributed by atoms with E-state index in [4.69, 9.17) is 0 Å². The number of rotatable bonds is 12. The van der Waals surface area contributed by atoms with Crippen molar-refractivity contribution in [3.63, 3.8) is 0 Å². The van der Waals surface area contributed by atoms with E-state index in [0.29, 0.717) is 19.5 Å². The van der Waals surface area contributed by atoms with Crippen LogP contribution >= 0.6 is 0 Å². The molecule has 0 spiro atoms. The summed E-state index contributed by atoms with van der Waals surface area (Å²) >= 11 is 0. The molecule has 0 fully saturated rings. The molecular formula is C27H41N3O3. The van der Waals surface area contributed by atoms with Crippen molar-refractivity contribution < 1.29 is 15.0 Å². The van der Waals surface area contributed by atoms with Crippen molar-refractivity contribution in [2.45, 2.75) is 52.2 Å². The van der Waals surface area contributed by atoms with Crippen molar-refractivity contribution in [1.29, 1.82) is 0 Å². The first-order valence-corrected chi connectivity index (χ1v) is 11.6. The topological polar surface area (TPSA) is 84.8 Å². The number of β-amino-alcohol motifs (C(OH)–C–C–N with tert-alkyl or cyclic N) is 1. The van der Waals surface area contributed by atoms with Crippen molar-refractivity contribution >= 4 is 5.91 Å². The van der Waals surface area contributed by atoms with E-state index in [1.807, 2.05) is 26.2 Å². The minimum absolute atomic E-state index is 0.0153. The number of aliphatic hydroxyl groups is 1. The van der Waals surface area contributed by atoms with Gasteiger partial charge in [-0.2, -0.15) is 0 Å². The first-order valence-electron chi connectivity index (χ1n) is 11.6. The Hall–Kier alpha value is -2.41. The number of carbonyl (C=O) groups excluding carboxylic acids is 1. The second-order valence-corrected chi connectivity index (χ2v) is 10.7. The molecule has 1 atom stereocenters. The van der Waals surface area contributed by atoms with Crippen LogP contribution in [0.2, 0.25) is 0 Å². The van der Waals surface area contributed by atoms with Crippen LogP contribution in [-0.4, -0.2) is 60.3 Å². The van der Waals surface area contributed by atoms with Crippen LogP contribution < -0.4 is 10.6 Å². The zero-order chi connectivity index (χ0) is 24.6. The standard InChI is InChI=1S/C27H41N3O3/c1-26(2,19-30(5)6)18-28-25(33)15-20-8-7-9-21(14-20)16-27(3,4)29-17-24(32)22-10-12-23(31)13-11-22/h7-14,24,29,31-32H,15-19H2,1-6H3,(H,28,33). The third-order valence-corrected chi connectivity index (χ3v) is 5.56. The number of aromatic hydroxyl groups is 1. The molecule has 1 unspecified atom stereocenters. The van der Waals surface area contributed by atoms with Crippen LogP contribution in [-0.2, 0) is 17.6 Å². The molecule has 1 amide bonds. The Morgan fingerprint density at radius 2 is 1.67 bits per heavy atom. The Balaban J connectivity index is 1.88. The lowest BCUT2D eigenvalue weighted by atomic mass is 9.92. The van der Waals surface area contributed by atoms with Crippen LogP contribution in [0.15, 0.2) is 48.5 Å². The molecule has 182 valence electrons. The highest BCUT2D eigenvalue weighted by molar-refractivity contribution is 5.78. The van der Waals surface area contributed by atoms with Gasteiger partial charge >= 0.3 is 0 Å². The van der Waals surface area contributed by atoms with E-state index in [2.05, 4.69) is 55.4 Å². The monoisotopic (exact) mass is 455 g/mol. The first-order chi connectivity index (χ1) is 15.3. The Kier molecular flexibility index (Phi) is 9.46. The van der Waals surface area contributed by atoms with Crippen molar-refractivity contribution in [3.8, 4) is 5.75 Å². The highest BCUT2D eigenvalue weighted by Crippen LogP contribution is 2.19. The molecule has 0 saturated heterocycles. The van der Waals surface area contributed by atoms with Gasteiger partial charge in [-0.1, -0.05) is 50.2 Å². The van der Waals surface area contributed by atoms with E-state index in [-0.39, 0.29) is 22.6 Å². The van der Waals surface area contributed by atoms with Gasteiger partial charge in [-0.25, -0.2) is 0 Å². The third kappa shape index (κ3) is 9.95. The largest absolute Gasteiger partial charge is 0.508 e. The maximum Gasteiger partial charge on any atom is 0.224 e. The zero-order valence-electron chi connectivity index (χ0n) is 21.0. The van der Waals surface area contributed by atoms with Crippen molar-refractivity contribution in [3.05, 3.63) is 65.2 Å². The van der Waals surface area contributed by atoms with Crippen LogP contribution in [0, 0.1) is 5.41 Å².